The number of nitrogens with zero attached hydrogens (tertiary/aromatic N) is 2. The van der Waals surface area contributed by atoms with E-state index in [4.69, 9.17) is 4.99 Å². The van der Waals surface area contributed by atoms with Crippen LogP contribution in [-0.4, -0.2) is 72.2 Å². The van der Waals surface area contributed by atoms with Gasteiger partial charge < -0.3 is 20.6 Å². The molecule has 1 aliphatic heterocycles. The highest BCUT2D eigenvalue weighted by Crippen LogP contribution is 2.31. The number of hydrogen-bond donors (Lipinski definition) is 3. The molecule has 7 heteroatoms. The zero-order valence-corrected chi connectivity index (χ0v) is 19.5. The Balaban J connectivity index is 1.87. The summed E-state index contributed by atoms with van der Waals surface area (Å²) in [5, 5.41) is 16.4. The number of nitrogens with one attached hydrogen (secondary N) is 2. The maximum atomic E-state index is 12.8. The standard InChI is InChI=1S/C22H42N4O2S/c1-4-22(5-2,11-14-27)17-24-21(23-6-3)25-19-9-7-18(8-10-19)20(28)26-12-15-29-16-13-26/h18-19,27H,4-17H2,1-3H3,(H2,23,24,25). The normalized spacial score (nSPS) is 23.7. The van der Waals surface area contributed by atoms with E-state index in [1.165, 1.54) is 0 Å². The summed E-state index contributed by atoms with van der Waals surface area (Å²) >= 11 is 1.95. The van der Waals surface area contributed by atoms with Crippen molar-refractivity contribution >= 4 is 23.6 Å². The monoisotopic (exact) mass is 426 g/mol. The lowest BCUT2D eigenvalue weighted by Crippen LogP contribution is -2.47. The van der Waals surface area contributed by atoms with Crippen molar-refractivity contribution in [2.45, 2.75) is 71.8 Å². The van der Waals surface area contributed by atoms with Crippen LogP contribution in [0.5, 0.6) is 0 Å². The third-order valence-electron chi connectivity index (χ3n) is 6.80. The molecule has 0 unspecified atom stereocenters. The highest BCUT2D eigenvalue weighted by Gasteiger charge is 2.31. The van der Waals surface area contributed by atoms with Gasteiger partial charge in [0.25, 0.3) is 0 Å². The molecule has 0 radical (unpaired) electrons. The Morgan fingerprint density at radius 2 is 1.79 bits per heavy atom. The maximum Gasteiger partial charge on any atom is 0.225 e. The first-order chi connectivity index (χ1) is 14.1. The van der Waals surface area contributed by atoms with E-state index >= 15 is 0 Å². The number of thioether (sulfide) groups is 1. The summed E-state index contributed by atoms with van der Waals surface area (Å²) in [7, 11) is 0. The van der Waals surface area contributed by atoms with Crippen LogP contribution >= 0.6 is 11.8 Å². The van der Waals surface area contributed by atoms with Gasteiger partial charge in [-0.3, -0.25) is 9.79 Å². The van der Waals surface area contributed by atoms with Gasteiger partial charge in [-0.1, -0.05) is 13.8 Å². The Bertz CT molecular complexity index is 511. The molecule has 1 saturated carbocycles. The lowest BCUT2D eigenvalue weighted by Gasteiger charge is -2.34. The molecule has 1 amide bonds. The van der Waals surface area contributed by atoms with Crippen molar-refractivity contribution in [1.29, 1.82) is 0 Å². The van der Waals surface area contributed by atoms with Crippen LogP contribution in [0.1, 0.15) is 65.7 Å². The summed E-state index contributed by atoms with van der Waals surface area (Å²) in [4.78, 5) is 19.7. The number of carbonyl (C=O) groups excluding carboxylic acids is 1. The molecule has 1 heterocycles. The summed E-state index contributed by atoms with van der Waals surface area (Å²) in [5.74, 6) is 3.62. The van der Waals surface area contributed by atoms with Gasteiger partial charge in [-0.05, 0) is 57.3 Å². The summed E-state index contributed by atoms with van der Waals surface area (Å²) < 4.78 is 0. The van der Waals surface area contributed by atoms with Gasteiger partial charge in [-0.15, -0.1) is 0 Å². The van der Waals surface area contributed by atoms with Gasteiger partial charge in [0.05, 0.1) is 0 Å². The molecule has 0 atom stereocenters. The maximum absolute atomic E-state index is 12.8. The van der Waals surface area contributed by atoms with E-state index in [1.54, 1.807) is 0 Å². The molecule has 0 aromatic carbocycles. The molecule has 168 valence electrons. The van der Waals surface area contributed by atoms with Crippen molar-refractivity contribution in [2.75, 3.05) is 44.3 Å². The average molecular weight is 427 g/mol. The van der Waals surface area contributed by atoms with E-state index in [-0.39, 0.29) is 17.9 Å². The van der Waals surface area contributed by atoms with Crippen LogP contribution in [0.25, 0.3) is 0 Å². The Morgan fingerprint density at radius 3 is 2.34 bits per heavy atom. The molecule has 2 aliphatic rings. The number of hydrogen-bond acceptors (Lipinski definition) is 4. The van der Waals surface area contributed by atoms with Crippen LogP contribution in [0.15, 0.2) is 4.99 Å². The smallest absolute Gasteiger partial charge is 0.225 e. The number of amides is 1. The molecule has 6 nitrogen and oxygen atoms in total. The number of aliphatic hydroxyl groups excluding tert-OH is 1. The van der Waals surface area contributed by atoms with Crippen molar-refractivity contribution in [3.63, 3.8) is 0 Å². The van der Waals surface area contributed by atoms with Gasteiger partial charge in [0.1, 0.15) is 0 Å². The van der Waals surface area contributed by atoms with E-state index < -0.39 is 0 Å². The van der Waals surface area contributed by atoms with Gasteiger partial charge in [0.2, 0.25) is 5.91 Å². The van der Waals surface area contributed by atoms with Crippen LogP contribution in [0.3, 0.4) is 0 Å². The molecule has 2 rings (SSSR count). The topological polar surface area (TPSA) is 77.0 Å². The Kier molecular flexibility index (Phi) is 10.6. The molecular weight excluding hydrogens is 384 g/mol. The second kappa shape index (κ2) is 12.7. The molecule has 0 bridgehead atoms. The fourth-order valence-corrected chi connectivity index (χ4v) is 5.33. The fourth-order valence-electron chi connectivity index (χ4n) is 4.43. The van der Waals surface area contributed by atoms with Crippen LogP contribution in [0.2, 0.25) is 0 Å². The zero-order valence-electron chi connectivity index (χ0n) is 18.7. The molecule has 1 aliphatic carbocycles. The third-order valence-corrected chi connectivity index (χ3v) is 7.74. The lowest BCUT2D eigenvalue weighted by atomic mass is 9.79. The van der Waals surface area contributed by atoms with E-state index in [0.717, 1.165) is 88.6 Å². The first-order valence-electron chi connectivity index (χ1n) is 11.6. The third kappa shape index (κ3) is 7.35. The molecule has 0 spiro atoms. The SMILES string of the molecule is CCNC(=NCC(CC)(CC)CCO)NC1CCC(C(=O)N2CCSCC2)CC1. The molecule has 2 fully saturated rings. The highest BCUT2D eigenvalue weighted by atomic mass is 32.2. The predicted molar refractivity (Wildman–Crippen MR) is 123 cm³/mol. The fraction of sp³-hybridized carbons (Fsp3) is 0.909. The average Bonchev–Trinajstić information content (AvgIpc) is 2.77. The second-order valence-corrected chi connectivity index (χ2v) is 9.73. The first kappa shape index (κ1) is 24.3. The van der Waals surface area contributed by atoms with Crippen molar-refractivity contribution < 1.29 is 9.90 Å². The van der Waals surface area contributed by atoms with Gasteiger partial charge >= 0.3 is 0 Å². The van der Waals surface area contributed by atoms with Gasteiger partial charge in [0, 0.05) is 56.3 Å². The predicted octanol–water partition coefficient (Wildman–Crippen LogP) is 2.86. The molecule has 29 heavy (non-hydrogen) atoms. The van der Waals surface area contributed by atoms with Gasteiger partial charge in [-0.2, -0.15) is 11.8 Å². The lowest BCUT2D eigenvalue weighted by molar-refractivity contribution is -0.136. The first-order valence-corrected chi connectivity index (χ1v) is 12.7. The number of aliphatic hydroxyl groups is 1. The van der Waals surface area contributed by atoms with Crippen molar-refractivity contribution in [3.8, 4) is 0 Å². The Morgan fingerprint density at radius 1 is 1.14 bits per heavy atom. The van der Waals surface area contributed by atoms with Crippen molar-refractivity contribution in [3.05, 3.63) is 0 Å². The van der Waals surface area contributed by atoms with Gasteiger partial charge in [-0.25, -0.2) is 0 Å². The number of rotatable bonds is 9. The van der Waals surface area contributed by atoms with Crippen molar-refractivity contribution in [2.24, 2.45) is 16.3 Å². The summed E-state index contributed by atoms with van der Waals surface area (Å²) in [6.07, 6.45) is 6.82. The molecule has 0 aromatic heterocycles. The van der Waals surface area contributed by atoms with Gasteiger partial charge in [0.15, 0.2) is 5.96 Å². The van der Waals surface area contributed by atoms with Crippen LogP contribution in [-0.2, 0) is 4.79 Å². The van der Waals surface area contributed by atoms with E-state index in [0.29, 0.717) is 11.9 Å². The quantitative estimate of drug-likeness (QED) is 0.390. The number of guanidine groups is 1. The summed E-state index contributed by atoms with van der Waals surface area (Å²) in [5.41, 5.74) is 0.0773. The van der Waals surface area contributed by atoms with E-state index in [9.17, 15) is 9.90 Å². The van der Waals surface area contributed by atoms with Crippen molar-refractivity contribution in [1.82, 2.24) is 15.5 Å². The van der Waals surface area contributed by atoms with E-state index in [1.807, 2.05) is 11.8 Å². The minimum atomic E-state index is 0.0773. The molecule has 1 saturated heterocycles. The molecule has 3 N–H and O–H groups in total. The highest BCUT2D eigenvalue weighted by molar-refractivity contribution is 7.99. The van der Waals surface area contributed by atoms with Crippen LogP contribution < -0.4 is 10.6 Å². The number of aliphatic imine (C=N–C) groups is 1. The summed E-state index contributed by atoms with van der Waals surface area (Å²) in [6, 6.07) is 0.379. The Labute approximate surface area is 181 Å². The zero-order chi connectivity index (χ0) is 21.1. The molecular formula is C22H42N4O2S. The van der Waals surface area contributed by atoms with E-state index in [2.05, 4.69) is 36.3 Å². The number of carbonyl (C=O) groups is 1. The van der Waals surface area contributed by atoms with Crippen LogP contribution in [0, 0.1) is 11.3 Å². The second-order valence-electron chi connectivity index (χ2n) is 8.51. The molecule has 0 aromatic rings. The summed E-state index contributed by atoms with van der Waals surface area (Å²) in [6.45, 7) is 10.1. The van der Waals surface area contributed by atoms with Crippen LogP contribution in [0.4, 0.5) is 0 Å². The minimum absolute atomic E-state index is 0.0773. The Hall–Kier alpha value is -0.950. The minimum Gasteiger partial charge on any atom is -0.396 e. The largest absolute Gasteiger partial charge is 0.396 e.